The largest absolute Gasteiger partial charge is 0.337 e. The summed E-state index contributed by atoms with van der Waals surface area (Å²) in [4.78, 5) is 31.3. The Bertz CT molecular complexity index is 1060. The number of H-pyrrole nitrogens is 1. The fourth-order valence-corrected chi connectivity index (χ4v) is 3.76. The number of nitrogens with zero attached hydrogens (tertiary/aromatic N) is 3. The molecule has 7 nitrogen and oxygen atoms in total. The number of hydrogen-bond acceptors (Lipinski definition) is 4. The number of aromatic nitrogens is 3. The first-order chi connectivity index (χ1) is 14.5. The predicted molar refractivity (Wildman–Crippen MR) is 115 cm³/mol. The fraction of sp³-hybridized carbons (Fsp3) is 0.273. The summed E-state index contributed by atoms with van der Waals surface area (Å²) in [5, 5.41) is 10.6. The van der Waals surface area contributed by atoms with Gasteiger partial charge in [0.15, 0.2) is 0 Å². The lowest BCUT2D eigenvalue weighted by Gasteiger charge is -2.31. The molecule has 30 heavy (non-hydrogen) atoms. The molecule has 0 bridgehead atoms. The summed E-state index contributed by atoms with van der Waals surface area (Å²) >= 11 is 6.13. The molecule has 8 heteroatoms. The zero-order chi connectivity index (χ0) is 21.1. The number of amides is 2. The highest BCUT2D eigenvalue weighted by Gasteiger charge is 2.29. The Morgan fingerprint density at radius 1 is 1.20 bits per heavy atom. The Morgan fingerprint density at radius 2 is 2.00 bits per heavy atom. The average Bonchev–Trinajstić information content (AvgIpc) is 3.27. The smallest absolute Gasteiger partial charge is 0.271 e. The van der Waals surface area contributed by atoms with Crippen molar-refractivity contribution < 1.29 is 9.59 Å². The number of aromatic amines is 1. The third-order valence-electron chi connectivity index (χ3n) is 5.44. The number of carbonyl (C=O) groups is 2. The van der Waals surface area contributed by atoms with Gasteiger partial charge in [-0.25, -0.2) is 0 Å². The first kappa shape index (κ1) is 20.1. The Hall–Kier alpha value is -3.19. The van der Waals surface area contributed by atoms with Crippen molar-refractivity contribution in [3.63, 3.8) is 0 Å². The van der Waals surface area contributed by atoms with Crippen LogP contribution in [0.15, 0.2) is 48.8 Å². The zero-order valence-electron chi connectivity index (χ0n) is 16.6. The molecule has 1 fully saturated rings. The number of benzene rings is 1. The first-order valence-corrected chi connectivity index (χ1v) is 10.2. The van der Waals surface area contributed by atoms with Gasteiger partial charge in [-0.1, -0.05) is 17.7 Å². The van der Waals surface area contributed by atoms with Crippen LogP contribution in [0.3, 0.4) is 0 Å². The molecule has 2 aromatic heterocycles. The van der Waals surface area contributed by atoms with Crippen LogP contribution in [0.2, 0.25) is 5.02 Å². The van der Waals surface area contributed by atoms with E-state index in [1.165, 1.54) is 0 Å². The van der Waals surface area contributed by atoms with E-state index in [1.54, 1.807) is 29.4 Å². The van der Waals surface area contributed by atoms with E-state index in [4.69, 9.17) is 11.6 Å². The highest BCUT2D eigenvalue weighted by molar-refractivity contribution is 6.31. The molecule has 1 aromatic carbocycles. The van der Waals surface area contributed by atoms with Gasteiger partial charge in [-0.15, -0.1) is 0 Å². The van der Waals surface area contributed by atoms with Crippen LogP contribution in [-0.2, 0) is 4.79 Å². The van der Waals surface area contributed by atoms with Crippen LogP contribution >= 0.6 is 11.6 Å². The van der Waals surface area contributed by atoms with Gasteiger partial charge < -0.3 is 10.2 Å². The molecule has 0 spiro atoms. The average molecular weight is 424 g/mol. The van der Waals surface area contributed by atoms with E-state index in [1.807, 2.05) is 31.2 Å². The molecule has 0 atom stereocenters. The predicted octanol–water partition coefficient (Wildman–Crippen LogP) is 3.92. The lowest BCUT2D eigenvalue weighted by atomic mass is 9.95. The number of piperidine rings is 1. The number of rotatable bonds is 4. The molecule has 0 unspecified atom stereocenters. The monoisotopic (exact) mass is 423 g/mol. The molecule has 0 aliphatic carbocycles. The van der Waals surface area contributed by atoms with E-state index >= 15 is 0 Å². The molecular formula is C22H22ClN5O2. The summed E-state index contributed by atoms with van der Waals surface area (Å²) < 4.78 is 0. The van der Waals surface area contributed by atoms with Gasteiger partial charge in [0.05, 0.1) is 5.69 Å². The molecule has 1 saturated heterocycles. The maximum atomic E-state index is 12.8. The second-order valence-corrected chi connectivity index (χ2v) is 7.78. The first-order valence-electron chi connectivity index (χ1n) is 9.84. The number of likely N-dealkylation sites (tertiary alicyclic amines) is 1. The normalized spacial score (nSPS) is 14.5. The van der Waals surface area contributed by atoms with Gasteiger partial charge in [-0.3, -0.25) is 19.7 Å². The van der Waals surface area contributed by atoms with Crippen LogP contribution in [0.4, 0.5) is 5.69 Å². The third kappa shape index (κ3) is 4.21. The highest BCUT2D eigenvalue weighted by atomic mass is 35.5. The number of anilines is 1. The summed E-state index contributed by atoms with van der Waals surface area (Å²) in [5.74, 6) is -0.282. The van der Waals surface area contributed by atoms with Crippen molar-refractivity contribution in [2.24, 2.45) is 5.92 Å². The van der Waals surface area contributed by atoms with Crippen molar-refractivity contribution in [2.45, 2.75) is 19.8 Å². The minimum atomic E-state index is -0.139. The van der Waals surface area contributed by atoms with Crippen molar-refractivity contribution in [1.82, 2.24) is 20.1 Å². The van der Waals surface area contributed by atoms with Gasteiger partial charge >= 0.3 is 0 Å². The molecule has 0 radical (unpaired) electrons. The Balaban J connectivity index is 1.35. The molecule has 4 rings (SSSR count). The summed E-state index contributed by atoms with van der Waals surface area (Å²) in [6.45, 7) is 2.92. The topological polar surface area (TPSA) is 91.0 Å². The van der Waals surface area contributed by atoms with Crippen molar-refractivity contribution in [3.05, 3.63) is 65.1 Å². The number of pyridine rings is 1. The van der Waals surface area contributed by atoms with Crippen molar-refractivity contribution >= 4 is 29.1 Å². The Labute approximate surface area is 179 Å². The van der Waals surface area contributed by atoms with Gasteiger partial charge in [-0.05, 0) is 55.7 Å². The Morgan fingerprint density at radius 3 is 2.73 bits per heavy atom. The van der Waals surface area contributed by atoms with Crippen LogP contribution in [0.25, 0.3) is 11.3 Å². The standard InChI is InChI=1S/C22H22ClN5O2/c1-14-17(23)5-2-6-18(14)25-21(29)15-7-10-28(11-8-15)22(30)20-12-19(26-27-20)16-4-3-9-24-13-16/h2-6,9,12-13,15H,7-8,10-11H2,1H3,(H,25,29)(H,26,27). The summed E-state index contributed by atoms with van der Waals surface area (Å²) in [5.41, 5.74) is 3.54. The molecule has 3 aromatic rings. The van der Waals surface area contributed by atoms with Gasteiger partial charge in [0, 0.05) is 47.7 Å². The molecule has 1 aliphatic rings. The van der Waals surface area contributed by atoms with Gasteiger partial charge in [0.2, 0.25) is 5.91 Å². The molecule has 2 N–H and O–H groups in total. The Kier molecular flexibility index (Phi) is 5.81. The van der Waals surface area contributed by atoms with Crippen molar-refractivity contribution in [3.8, 4) is 11.3 Å². The van der Waals surface area contributed by atoms with E-state index in [0.29, 0.717) is 42.3 Å². The highest BCUT2D eigenvalue weighted by Crippen LogP contribution is 2.26. The second-order valence-electron chi connectivity index (χ2n) is 7.38. The molecule has 154 valence electrons. The number of halogens is 1. The summed E-state index contributed by atoms with van der Waals surface area (Å²) in [6, 6.07) is 10.9. The molecular weight excluding hydrogens is 402 g/mol. The van der Waals surface area contributed by atoms with Gasteiger partial charge in [-0.2, -0.15) is 5.10 Å². The number of hydrogen-bond donors (Lipinski definition) is 2. The molecule has 3 heterocycles. The van der Waals surface area contributed by atoms with Crippen LogP contribution in [0.1, 0.15) is 28.9 Å². The quantitative estimate of drug-likeness (QED) is 0.665. The van der Waals surface area contributed by atoms with E-state index in [-0.39, 0.29) is 17.7 Å². The van der Waals surface area contributed by atoms with Gasteiger partial charge in [0.25, 0.3) is 5.91 Å². The number of carbonyl (C=O) groups excluding carboxylic acids is 2. The van der Waals surface area contributed by atoms with Gasteiger partial charge in [0.1, 0.15) is 5.69 Å². The molecule has 2 amide bonds. The van der Waals surface area contributed by atoms with Crippen molar-refractivity contribution in [2.75, 3.05) is 18.4 Å². The number of nitrogens with one attached hydrogen (secondary N) is 2. The second kappa shape index (κ2) is 8.67. The van der Waals surface area contributed by atoms with E-state index in [9.17, 15) is 9.59 Å². The molecule has 0 saturated carbocycles. The summed E-state index contributed by atoms with van der Waals surface area (Å²) in [7, 11) is 0. The molecule has 1 aliphatic heterocycles. The van der Waals surface area contributed by atoms with Crippen molar-refractivity contribution in [1.29, 1.82) is 0 Å². The van der Waals surface area contributed by atoms with Crippen LogP contribution < -0.4 is 5.32 Å². The van der Waals surface area contributed by atoms with E-state index < -0.39 is 0 Å². The van der Waals surface area contributed by atoms with Crippen LogP contribution in [0.5, 0.6) is 0 Å². The maximum Gasteiger partial charge on any atom is 0.271 e. The maximum absolute atomic E-state index is 12.8. The SMILES string of the molecule is Cc1c(Cl)cccc1NC(=O)C1CCN(C(=O)c2cc(-c3cccnc3)n[nH]2)CC1. The minimum absolute atomic E-state index is 0.0344. The lowest BCUT2D eigenvalue weighted by Crippen LogP contribution is -2.41. The third-order valence-corrected chi connectivity index (χ3v) is 5.85. The van der Waals surface area contributed by atoms with E-state index in [2.05, 4.69) is 20.5 Å². The fourth-order valence-electron chi connectivity index (χ4n) is 3.59. The van der Waals surface area contributed by atoms with Crippen LogP contribution in [0, 0.1) is 12.8 Å². The minimum Gasteiger partial charge on any atom is -0.337 e. The van der Waals surface area contributed by atoms with Crippen LogP contribution in [-0.4, -0.2) is 45.0 Å². The zero-order valence-corrected chi connectivity index (χ0v) is 17.3. The summed E-state index contributed by atoms with van der Waals surface area (Å²) in [6.07, 6.45) is 4.62. The van der Waals surface area contributed by atoms with E-state index in [0.717, 1.165) is 16.8 Å². The lowest BCUT2D eigenvalue weighted by molar-refractivity contribution is -0.121.